The Balaban J connectivity index is 1.29. The van der Waals surface area contributed by atoms with Crippen LogP contribution in [0.2, 0.25) is 0 Å². The predicted octanol–water partition coefficient (Wildman–Crippen LogP) is 5.47. The smallest absolute Gasteiger partial charge is 0.374 e. The van der Waals surface area contributed by atoms with Gasteiger partial charge in [0.2, 0.25) is 17.6 Å². The van der Waals surface area contributed by atoms with E-state index < -0.39 is 24.7 Å². The van der Waals surface area contributed by atoms with Crippen molar-refractivity contribution in [2.75, 3.05) is 38.9 Å². The number of fused-ring (bicyclic) bond motifs is 1. The van der Waals surface area contributed by atoms with E-state index in [1.807, 2.05) is 4.90 Å². The molecule has 0 bridgehead atoms. The molecule has 1 unspecified atom stereocenters. The first-order chi connectivity index (χ1) is 20.9. The highest BCUT2D eigenvalue weighted by atomic mass is 19.1. The number of ether oxygens (including phenoxy) is 2. The molecule has 2 amide bonds. The number of nitrogens with two attached hydrogens (primary N) is 1. The van der Waals surface area contributed by atoms with Gasteiger partial charge in [-0.3, -0.25) is 9.59 Å². The van der Waals surface area contributed by atoms with Gasteiger partial charge in [0, 0.05) is 49.7 Å². The van der Waals surface area contributed by atoms with Crippen LogP contribution >= 0.6 is 0 Å². The van der Waals surface area contributed by atoms with E-state index in [4.69, 9.17) is 19.6 Å². The molecule has 1 saturated heterocycles. The van der Waals surface area contributed by atoms with Crippen molar-refractivity contribution in [3.8, 4) is 0 Å². The van der Waals surface area contributed by atoms with E-state index in [1.165, 1.54) is 6.42 Å². The molecule has 2 aromatic rings. The number of nitrogens with zero attached hydrogens (tertiary/aromatic N) is 1. The maximum Gasteiger partial charge on any atom is 0.374 e. The van der Waals surface area contributed by atoms with Crippen LogP contribution < -0.4 is 11.1 Å². The third kappa shape index (κ3) is 7.40. The SMILES string of the molecule is COCCCOC(=O)c1cc2cc(NC(=O)[C@@H]3[C@H](C4CCCCC4)CCN3C(=O)[C@H]3CC[C@H](C(N)CF)CC3)ccc2o1. The van der Waals surface area contributed by atoms with Gasteiger partial charge in [0.25, 0.3) is 0 Å². The number of carbonyl (C=O) groups excluding carboxylic acids is 3. The Labute approximate surface area is 253 Å². The van der Waals surface area contributed by atoms with Crippen molar-refractivity contribution in [1.29, 1.82) is 0 Å². The van der Waals surface area contributed by atoms with Gasteiger partial charge in [-0.2, -0.15) is 0 Å². The van der Waals surface area contributed by atoms with Crippen molar-refractivity contribution in [3.63, 3.8) is 0 Å². The summed E-state index contributed by atoms with van der Waals surface area (Å²) >= 11 is 0. The summed E-state index contributed by atoms with van der Waals surface area (Å²) in [7, 11) is 1.59. The van der Waals surface area contributed by atoms with Gasteiger partial charge in [0.1, 0.15) is 18.3 Å². The minimum Gasteiger partial charge on any atom is -0.460 e. The lowest BCUT2D eigenvalue weighted by Gasteiger charge is -2.36. The second-order valence-electron chi connectivity index (χ2n) is 12.6. The quantitative estimate of drug-likeness (QED) is 0.259. The Morgan fingerprint density at radius 1 is 1.05 bits per heavy atom. The van der Waals surface area contributed by atoms with Gasteiger partial charge in [-0.05, 0) is 74.1 Å². The lowest BCUT2D eigenvalue weighted by Crippen LogP contribution is -2.50. The number of methoxy groups -OCH3 is 1. The van der Waals surface area contributed by atoms with Crippen LogP contribution in [0.3, 0.4) is 0 Å². The van der Waals surface area contributed by atoms with Crippen LogP contribution in [-0.2, 0) is 19.1 Å². The zero-order valence-corrected chi connectivity index (χ0v) is 25.2. The van der Waals surface area contributed by atoms with Crippen molar-refractivity contribution in [2.24, 2.45) is 29.4 Å². The molecule has 9 nitrogen and oxygen atoms in total. The fourth-order valence-corrected chi connectivity index (χ4v) is 7.49. The fourth-order valence-electron chi connectivity index (χ4n) is 7.49. The van der Waals surface area contributed by atoms with Crippen LogP contribution in [0.1, 0.15) is 81.2 Å². The highest BCUT2D eigenvalue weighted by Gasteiger charge is 2.47. The number of benzene rings is 1. The van der Waals surface area contributed by atoms with E-state index in [1.54, 1.807) is 31.4 Å². The highest BCUT2D eigenvalue weighted by Crippen LogP contribution is 2.41. The largest absolute Gasteiger partial charge is 0.460 e. The Morgan fingerprint density at radius 2 is 1.81 bits per heavy atom. The molecule has 2 aliphatic carbocycles. The number of hydrogen-bond donors (Lipinski definition) is 2. The van der Waals surface area contributed by atoms with E-state index >= 15 is 0 Å². The van der Waals surface area contributed by atoms with Gasteiger partial charge in [-0.25, -0.2) is 9.18 Å². The number of furan rings is 1. The standard InChI is InChI=1S/C33H46FN3O6/c1-41-16-5-17-42-33(40)29-19-24-18-25(12-13-28(24)43-29)36-31(38)30-26(21-6-3-2-4-7-21)14-15-37(30)32(39)23-10-8-22(9-11-23)27(35)20-34/h12-13,18-19,21-23,26-27,30H,2-11,14-17,20,35H2,1H3,(H,36,38)/t22-,23-,26-,27?,30-/m0/s1. The molecular weight excluding hydrogens is 553 g/mol. The van der Waals surface area contributed by atoms with E-state index in [-0.39, 0.29) is 41.9 Å². The fraction of sp³-hybridized carbons (Fsp3) is 0.667. The molecule has 1 aromatic heterocycles. The number of amides is 2. The molecule has 1 aromatic carbocycles. The van der Waals surface area contributed by atoms with Crippen molar-refractivity contribution < 1.29 is 32.7 Å². The Bertz CT molecular complexity index is 1250. The second kappa shape index (κ2) is 14.7. The molecule has 3 fully saturated rings. The summed E-state index contributed by atoms with van der Waals surface area (Å²) in [6.45, 7) is 0.777. The van der Waals surface area contributed by atoms with Crippen molar-refractivity contribution in [2.45, 2.75) is 82.7 Å². The van der Waals surface area contributed by atoms with Gasteiger partial charge >= 0.3 is 5.97 Å². The minimum atomic E-state index is -0.547. The molecule has 3 N–H and O–H groups in total. The molecule has 5 rings (SSSR count). The number of halogens is 1. The molecule has 3 aliphatic rings. The van der Waals surface area contributed by atoms with Gasteiger partial charge in [0.05, 0.1) is 6.61 Å². The second-order valence-corrected chi connectivity index (χ2v) is 12.6. The third-order valence-corrected chi connectivity index (χ3v) is 9.87. The first-order valence-corrected chi connectivity index (χ1v) is 16.0. The average Bonchev–Trinajstić information content (AvgIpc) is 3.68. The van der Waals surface area contributed by atoms with Crippen molar-refractivity contribution in [1.82, 2.24) is 4.90 Å². The van der Waals surface area contributed by atoms with E-state index in [0.29, 0.717) is 55.0 Å². The lowest BCUT2D eigenvalue weighted by atomic mass is 9.76. The average molecular weight is 600 g/mol. The summed E-state index contributed by atoms with van der Waals surface area (Å²) < 4.78 is 29.1. The maximum absolute atomic E-state index is 14.0. The van der Waals surface area contributed by atoms with E-state index in [0.717, 1.165) is 44.9 Å². The number of esters is 1. The predicted molar refractivity (Wildman–Crippen MR) is 161 cm³/mol. The third-order valence-electron chi connectivity index (χ3n) is 9.87. The van der Waals surface area contributed by atoms with Crippen LogP contribution in [-0.4, -0.2) is 68.3 Å². The van der Waals surface area contributed by atoms with Gasteiger partial charge in [-0.1, -0.05) is 32.1 Å². The number of likely N-dealkylation sites (tertiary alicyclic amines) is 1. The monoisotopic (exact) mass is 599 g/mol. The minimum absolute atomic E-state index is 0.0460. The summed E-state index contributed by atoms with van der Waals surface area (Å²) in [6.07, 6.45) is 10.0. The van der Waals surface area contributed by atoms with Crippen LogP contribution in [0.4, 0.5) is 10.1 Å². The summed E-state index contributed by atoms with van der Waals surface area (Å²) in [5.74, 6) is -0.0695. The van der Waals surface area contributed by atoms with Crippen molar-refractivity contribution in [3.05, 3.63) is 30.0 Å². The molecule has 43 heavy (non-hydrogen) atoms. The summed E-state index contributed by atoms with van der Waals surface area (Å²) in [4.78, 5) is 42.1. The highest BCUT2D eigenvalue weighted by molar-refractivity contribution is 6.00. The van der Waals surface area contributed by atoms with Crippen LogP contribution in [0, 0.1) is 23.7 Å². The number of hydrogen-bond acceptors (Lipinski definition) is 7. The Kier molecular flexibility index (Phi) is 10.7. The summed E-state index contributed by atoms with van der Waals surface area (Å²) in [5, 5.41) is 3.76. The van der Waals surface area contributed by atoms with E-state index in [9.17, 15) is 18.8 Å². The Morgan fingerprint density at radius 3 is 2.53 bits per heavy atom. The number of anilines is 1. The molecule has 2 saturated carbocycles. The molecule has 236 valence electrons. The normalized spacial score (nSPS) is 25.5. The van der Waals surface area contributed by atoms with Crippen molar-refractivity contribution >= 4 is 34.4 Å². The Hall–Kier alpha value is -2.98. The van der Waals surface area contributed by atoms with Gasteiger partial charge < -0.3 is 29.8 Å². The van der Waals surface area contributed by atoms with Gasteiger partial charge in [0.15, 0.2) is 0 Å². The zero-order valence-electron chi connectivity index (χ0n) is 25.2. The molecule has 0 radical (unpaired) electrons. The first-order valence-electron chi connectivity index (χ1n) is 16.0. The number of rotatable bonds is 11. The molecule has 1 aliphatic heterocycles. The van der Waals surface area contributed by atoms with Gasteiger partial charge in [-0.15, -0.1) is 0 Å². The number of carbonyl (C=O) groups is 3. The molecule has 3 atom stereocenters. The summed E-state index contributed by atoms with van der Waals surface area (Å²) in [5.41, 5.74) is 7.05. The molecule has 10 heteroatoms. The topological polar surface area (TPSA) is 124 Å². The lowest BCUT2D eigenvalue weighted by molar-refractivity contribution is -0.142. The van der Waals surface area contributed by atoms with Crippen LogP contribution in [0.5, 0.6) is 0 Å². The molecular formula is C33H46FN3O6. The van der Waals surface area contributed by atoms with Crippen LogP contribution in [0.25, 0.3) is 11.0 Å². The molecule has 2 heterocycles. The zero-order chi connectivity index (χ0) is 30.3. The molecule has 0 spiro atoms. The number of nitrogens with one attached hydrogen (secondary N) is 1. The first kappa shape index (κ1) is 31.4. The maximum atomic E-state index is 14.0. The summed E-state index contributed by atoms with van der Waals surface area (Å²) in [6, 6.07) is 5.88. The number of alkyl halides is 1. The van der Waals surface area contributed by atoms with E-state index in [2.05, 4.69) is 5.32 Å². The van der Waals surface area contributed by atoms with Crippen LogP contribution in [0.15, 0.2) is 28.7 Å².